The van der Waals surface area contributed by atoms with Gasteiger partial charge in [-0.05, 0) is 49.1 Å². The summed E-state index contributed by atoms with van der Waals surface area (Å²) < 4.78 is 11.7. The van der Waals surface area contributed by atoms with Crippen molar-refractivity contribution in [2.75, 3.05) is 18.6 Å². The van der Waals surface area contributed by atoms with Gasteiger partial charge in [-0.3, -0.25) is 0 Å². The van der Waals surface area contributed by atoms with Crippen LogP contribution in [-0.2, 0) is 10.3 Å². The van der Waals surface area contributed by atoms with Gasteiger partial charge in [-0.25, -0.2) is 4.79 Å². The standard InChI is InChI=1S/C18H23NO3S/c1-21-16-7-6-14(18(19-13-20)8-2-3-9-18)11-17(16)22-15-5-4-10-23-12-15/h6-7,11,15H,2-5,8-10,12H2,1H3. The molecule has 1 aromatic rings. The Morgan fingerprint density at radius 2 is 2.09 bits per heavy atom. The number of ether oxygens (including phenoxy) is 2. The zero-order valence-corrected chi connectivity index (χ0v) is 14.4. The summed E-state index contributed by atoms with van der Waals surface area (Å²) in [4.78, 5) is 15.1. The van der Waals surface area contributed by atoms with E-state index in [1.807, 2.05) is 30.0 Å². The van der Waals surface area contributed by atoms with Gasteiger partial charge in [-0.1, -0.05) is 18.9 Å². The van der Waals surface area contributed by atoms with Gasteiger partial charge in [0, 0.05) is 5.75 Å². The third-order valence-electron chi connectivity index (χ3n) is 4.80. The first kappa shape index (κ1) is 16.4. The predicted molar refractivity (Wildman–Crippen MR) is 92.2 cm³/mol. The molecule has 1 aromatic carbocycles. The fourth-order valence-electron chi connectivity index (χ4n) is 3.55. The van der Waals surface area contributed by atoms with E-state index in [9.17, 15) is 4.79 Å². The summed E-state index contributed by atoms with van der Waals surface area (Å²) >= 11 is 1.94. The van der Waals surface area contributed by atoms with E-state index < -0.39 is 5.54 Å². The lowest BCUT2D eigenvalue weighted by molar-refractivity contribution is 0.201. The van der Waals surface area contributed by atoms with E-state index in [1.165, 1.54) is 12.2 Å². The van der Waals surface area contributed by atoms with E-state index in [-0.39, 0.29) is 6.10 Å². The van der Waals surface area contributed by atoms with Gasteiger partial charge in [0.2, 0.25) is 6.08 Å². The number of carbonyl (C=O) groups excluding carboxylic acids is 1. The summed E-state index contributed by atoms with van der Waals surface area (Å²) in [6.45, 7) is 0. The minimum Gasteiger partial charge on any atom is -0.493 e. The van der Waals surface area contributed by atoms with Gasteiger partial charge in [0.1, 0.15) is 6.10 Å². The number of isocyanates is 1. The van der Waals surface area contributed by atoms with E-state index in [0.29, 0.717) is 0 Å². The van der Waals surface area contributed by atoms with Crippen LogP contribution in [0.2, 0.25) is 0 Å². The Bertz CT molecular complexity index is 586. The summed E-state index contributed by atoms with van der Waals surface area (Å²) in [6.07, 6.45) is 8.25. The first-order chi connectivity index (χ1) is 11.3. The number of aliphatic imine (C=N–C) groups is 1. The van der Waals surface area contributed by atoms with Crippen LogP contribution in [0.1, 0.15) is 44.1 Å². The molecule has 4 nitrogen and oxygen atoms in total. The second-order valence-corrected chi connectivity index (χ2v) is 7.41. The highest BCUT2D eigenvalue weighted by Gasteiger charge is 2.36. The second kappa shape index (κ2) is 7.41. The number of thioether (sulfide) groups is 1. The molecule has 0 N–H and O–H groups in total. The average molecular weight is 333 g/mol. The molecule has 1 atom stereocenters. The molecule has 2 aliphatic rings. The maximum absolute atomic E-state index is 10.9. The Balaban J connectivity index is 1.90. The lowest BCUT2D eigenvalue weighted by Crippen LogP contribution is -2.24. The van der Waals surface area contributed by atoms with E-state index in [4.69, 9.17) is 9.47 Å². The van der Waals surface area contributed by atoms with Gasteiger partial charge in [0.15, 0.2) is 11.5 Å². The third-order valence-corrected chi connectivity index (χ3v) is 5.99. The summed E-state index contributed by atoms with van der Waals surface area (Å²) in [6, 6.07) is 5.96. The Morgan fingerprint density at radius 1 is 1.26 bits per heavy atom. The molecule has 1 aliphatic heterocycles. The molecule has 0 radical (unpaired) electrons. The molecule has 1 unspecified atom stereocenters. The van der Waals surface area contributed by atoms with Gasteiger partial charge in [0.25, 0.3) is 0 Å². The van der Waals surface area contributed by atoms with Gasteiger partial charge in [0.05, 0.1) is 12.6 Å². The van der Waals surface area contributed by atoms with E-state index in [1.54, 1.807) is 13.2 Å². The zero-order chi connectivity index (χ0) is 16.1. The highest BCUT2D eigenvalue weighted by Crippen LogP contribution is 2.44. The fraction of sp³-hybridized carbons (Fsp3) is 0.611. The molecule has 124 valence electrons. The molecule has 1 saturated carbocycles. The van der Waals surface area contributed by atoms with Gasteiger partial charge >= 0.3 is 0 Å². The van der Waals surface area contributed by atoms with Gasteiger partial charge in [-0.2, -0.15) is 16.8 Å². The number of rotatable bonds is 5. The van der Waals surface area contributed by atoms with Crippen molar-refractivity contribution in [3.63, 3.8) is 0 Å². The topological polar surface area (TPSA) is 47.9 Å². The van der Waals surface area contributed by atoms with Crippen LogP contribution >= 0.6 is 11.8 Å². The SMILES string of the molecule is COc1ccc(C2(N=C=O)CCCC2)cc1OC1CCCSC1. The lowest BCUT2D eigenvalue weighted by Gasteiger charge is -2.27. The van der Waals surface area contributed by atoms with Crippen molar-refractivity contribution < 1.29 is 14.3 Å². The Hall–Kier alpha value is -1.45. The number of methoxy groups -OCH3 is 1. The highest BCUT2D eigenvalue weighted by atomic mass is 32.2. The molecule has 1 aliphatic carbocycles. The molecular weight excluding hydrogens is 310 g/mol. The summed E-state index contributed by atoms with van der Waals surface area (Å²) in [5, 5.41) is 0. The Kier molecular flexibility index (Phi) is 5.29. The van der Waals surface area contributed by atoms with E-state index >= 15 is 0 Å². The highest BCUT2D eigenvalue weighted by molar-refractivity contribution is 7.99. The van der Waals surface area contributed by atoms with Crippen molar-refractivity contribution in [3.8, 4) is 11.5 Å². The smallest absolute Gasteiger partial charge is 0.235 e. The van der Waals surface area contributed by atoms with Crippen molar-refractivity contribution in [1.82, 2.24) is 0 Å². The second-order valence-electron chi connectivity index (χ2n) is 6.26. The van der Waals surface area contributed by atoms with E-state index in [2.05, 4.69) is 4.99 Å². The zero-order valence-electron chi connectivity index (χ0n) is 13.5. The average Bonchev–Trinajstić information content (AvgIpc) is 3.06. The van der Waals surface area contributed by atoms with Crippen LogP contribution in [-0.4, -0.2) is 30.8 Å². The van der Waals surface area contributed by atoms with Crippen LogP contribution in [0.15, 0.2) is 23.2 Å². The molecule has 0 amide bonds. The Labute approximate surface area is 141 Å². The number of benzene rings is 1. The molecule has 5 heteroatoms. The van der Waals surface area contributed by atoms with Crippen LogP contribution in [0.3, 0.4) is 0 Å². The Morgan fingerprint density at radius 3 is 2.74 bits per heavy atom. The van der Waals surface area contributed by atoms with Gasteiger partial charge < -0.3 is 9.47 Å². The molecule has 23 heavy (non-hydrogen) atoms. The summed E-state index contributed by atoms with van der Waals surface area (Å²) in [5.41, 5.74) is 0.616. The molecule has 1 heterocycles. The molecule has 0 spiro atoms. The van der Waals surface area contributed by atoms with Crippen LogP contribution in [0.5, 0.6) is 11.5 Å². The molecule has 0 bridgehead atoms. The van der Waals surface area contributed by atoms with E-state index in [0.717, 1.165) is 54.9 Å². The largest absolute Gasteiger partial charge is 0.493 e. The quantitative estimate of drug-likeness (QED) is 0.602. The first-order valence-electron chi connectivity index (χ1n) is 8.29. The summed E-state index contributed by atoms with van der Waals surface area (Å²) in [7, 11) is 1.66. The molecule has 2 fully saturated rings. The minimum atomic E-state index is -0.423. The predicted octanol–water partition coefficient (Wildman–Crippen LogP) is 4.07. The third kappa shape index (κ3) is 3.56. The van der Waals surface area contributed by atoms with Crippen molar-refractivity contribution in [3.05, 3.63) is 23.8 Å². The number of nitrogens with zero attached hydrogens (tertiary/aromatic N) is 1. The molecule has 0 aromatic heterocycles. The normalized spacial score (nSPS) is 23.1. The first-order valence-corrected chi connectivity index (χ1v) is 9.45. The molecular formula is C18H23NO3S. The van der Waals surface area contributed by atoms with Crippen molar-refractivity contribution in [2.24, 2.45) is 4.99 Å². The summed E-state index contributed by atoms with van der Waals surface area (Å²) in [5.74, 6) is 3.75. The maximum Gasteiger partial charge on any atom is 0.235 e. The maximum atomic E-state index is 10.9. The van der Waals surface area contributed by atoms with Crippen LogP contribution in [0.4, 0.5) is 0 Å². The van der Waals surface area contributed by atoms with Crippen LogP contribution < -0.4 is 9.47 Å². The molecule has 1 saturated heterocycles. The fourth-order valence-corrected chi connectivity index (χ4v) is 4.59. The number of hydrogen-bond acceptors (Lipinski definition) is 5. The molecule has 3 rings (SSSR count). The van der Waals surface area contributed by atoms with Gasteiger partial charge in [-0.15, -0.1) is 0 Å². The number of hydrogen-bond donors (Lipinski definition) is 0. The van der Waals surface area contributed by atoms with Crippen LogP contribution in [0.25, 0.3) is 0 Å². The monoisotopic (exact) mass is 333 g/mol. The lowest BCUT2D eigenvalue weighted by atomic mass is 9.88. The minimum absolute atomic E-state index is 0.229. The van der Waals surface area contributed by atoms with Crippen molar-refractivity contribution in [2.45, 2.75) is 50.2 Å². The van der Waals surface area contributed by atoms with Crippen LogP contribution in [0, 0.1) is 0 Å². The van der Waals surface area contributed by atoms with Crippen molar-refractivity contribution >= 4 is 17.8 Å². The van der Waals surface area contributed by atoms with Crippen molar-refractivity contribution in [1.29, 1.82) is 0 Å².